The highest BCUT2D eigenvalue weighted by Crippen LogP contribution is 2.15. The Balaban J connectivity index is 2.45. The fraction of sp³-hybridized carbons (Fsp3) is 0.500. The molecule has 2 nitrogen and oxygen atoms in total. The highest BCUT2D eigenvalue weighted by atomic mass is 79.9. The number of hydrogen-bond donors (Lipinski definition) is 0. The second-order valence-electron chi connectivity index (χ2n) is 3.71. The fourth-order valence-corrected chi connectivity index (χ4v) is 1.97. The van der Waals surface area contributed by atoms with Gasteiger partial charge in [-0.1, -0.05) is 15.9 Å². The molecule has 16 heavy (non-hydrogen) atoms. The predicted molar refractivity (Wildman–Crippen MR) is 66.9 cm³/mol. The summed E-state index contributed by atoms with van der Waals surface area (Å²) in [5, 5.41) is 0. The van der Waals surface area contributed by atoms with Gasteiger partial charge in [-0.15, -0.1) is 0 Å². The van der Waals surface area contributed by atoms with Gasteiger partial charge in [0.05, 0.1) is 6.61 Å². The summed E-state index contributed by atoms with van der Waals surface area (Å²) in [6.45, 7) is 5.00. The summed E-state index contributed by atoms with van der Waals surface area (Å²) in [6.07, 6.45) is 0. The second-order valence-corrected chi connectivity index (χ2v) is 4.63. The molecular weight excluding hydrogens is 273 g/mol. The van der Waals surface area contributed by atoms with Crippen LogP contribution in [0.1, 0.15) is 12.5 Å². The first-order valence-corrected chi connectivity index (χ1v) is 6.12. The molecule has 0 aliphatic rings. The van der Waals surface area contributed by atoms with E-state index in [0.717, 1.165) is 29.7 Å². The molecule has 0 saturated carbocycles. The molecular formula is C12H17BrFNO. The minimum atomic E-state index is -0.206. The average Bonchev–Trinajstić information content (AvgIpc) is 2.16. The summed E-state index contributed by atoms with van der Waals surface area (Å²) in [4.78, 5) is 2.11. The van der Waals surface area contributed by atoms with E-state index in [2.05, 4.69) is 20.8 Å². The van der Waals surface area contributed by atoms with E-state index in [1.54, 1.807) is 6.07 Å². The molecule has 0 fully saturated rings. The third kappa shape index (κ3) is 5.05. The second kappa shape index (κ2) is 6.99. The van der Waals surface area contributed by atoms with Crippen molar-refractivity contribution in [2.45, 2.75) is 13.5 Å². The van der Waals surface area contributed by atoms with Gasteiger partial charge >= 0.3 is 0 Å². The van der Waals surface area contributed by atoms with Crippen LogP contribution >= 0.6 is 15.9 Å². The number of hydrogen-bond acceptors (Lipinski definition) is 2. The van der Waals surface area contributed by atoms with E-state index in [9.17, 15) is 4.39 Å². The van der Waals surface area contributed by atoms with Gasteiger partial charge in [-0.25, -0.2) is 4.39 Å². The Bertz CT molecular complexity index is 313. The van der Waals surface area contributed by atoms with Crippen LogP contribution in [0.3, 0.4) is 0 Å². The van der Waals surface area contributed by atoms with Crippen molar-refractivity contribution in [3.05, 3.63) is 34.1 Å². The van der Waals surface area contributed by atoms with Crippen LogP contribution in [0.2, 0.25) is 0 Å². The summed E-state index contributed by atoms with van der Waals surface area (Å²) in [5.74, 6) is -0.206. The van der Waals surface area contributed by atoms with Gasteiger partial charge in [0.25, 0.3) is 0 Å². The van der Waals surface area contributed by atoms with Crippen molar-refractivity contribution in [1.82, 2.24) is 4.90 Å². The van der Waals surface area contributed by atoms with E-state index >= 15 is 0 Å². The zero-order valence-electron chi connectivity index (χ0n) is 9.67. The fourth-order valence-electron chi connectivity index (χ4n) is 1.46. The largest absolute Gasteiger partial charge is 0.380 e. The highest BCUT2D eigenvalue weighted by molar-refractivity contribution is 9.10. The lowest BCUT2D eigenvalue weighted by atomic mass is 10.2. The molecule has 0 amide bonds. The molecule has 0 N–H and O–H groups in total. The first kappa shape index (κ1) is 13.6. The van der Waals surface area contributed by atoms with Crippen LogP contribution in [0.5, 0.6) is 0 Å². The lowest BCUT2D eigenvalue weighted by molar-refractivity contribution is 0.120. The van der Waals surface area contributed by atoms with Crippen LogP contribution in [0.15, 0.2) is 22.7 Å². The number of benzene rings is 1. The summed E-state index contributed by atoms with van der Waals surface area (Å²) >= 11 is 3.28. The van der Waals surface area contributed by atoms with Crippen molar-refractivity contribution in [3.63, 3.8) is 0 Å². The maximum atomic E-state index is 13.1. The Morgan fingerprint density at radius 1 is 1.38 bits per heavy atom. The van der Waals surface area contributed by atoms with Crippen molar-refractivity contribution in [3.8, 4) is 0 Å². The molecule has 1 aromatic carbocycles. The molecule has 0 bridgehead atoms. The molecule has 0 aliphatic heterocycles. The molecule has 0 heterocycles. The molecule has 0 saturated heterocycles. The standard InChI is InChI=1S/C12H17BrFNO/c1-3-16-5-4-15(2)9-10-6-11(13)8-12(14)7-10/h6-8H,3-5,9H2,1-2H3. The highest BCUT2D eigenvalue weighted by Gasteiger charge is 2.03. The molecule has 0 aromatic heterocycles. The monoisotopic (exact) mass is 289 g/mol. The van der Waals surface area contributed by atoms with E-state index < -0.39 is 0 Å². The lowest BCUT2D eigenvalue weighted by Gasteiger charge is -2.16. The molecule has 90 valence electrons. The molecule has 1 aromatic rings. The Hall–Kier alpha value is -0.450. The van der Waals surface area contributed by atoms with Crippen LogP contribution in [0, 0.1) is 5.82 Å². The maximum absolute atomic E-state index is 13.1. The van der Waals surface area contributed by atoms with E-state index in [-0.39, 0.29) is 5.82 Å². The Kier molecular flexibility index (Phi) is 5.95. The van der Waals surface area contributed by atoms with Crippen LogP contribution in [-0.4, -0.2) is 31.7 Å². The zero-order valence-corrected chi connectivity index (χ0v) is 11.3. The number of rotatable bonds is 6. The molecule has 0 aliphatic carbocycles. The van der Waals surface area contributed by atoms with Crippen molar-refractivity contribution < 1.29 is 9.13 Å². The topological polar surface area (TPSA) is 12.5 Å². The average molecular weight is 290 g/mol. The van der Waals surface area contributed by atoms with Crippen LogP contribution in [-0.2, 0) is 11.3 Å². The van der Waals surface area contributed by atoms with Crippen molar-refractivity contribution in [1.29, 1.82) is 0 Å². The smallest absolute Gasteiger partial charge is 0.124 e. The number of halogens is 2. The van der Waals surface area contributed by atoms with Gasteiger partial charge in [0.2, 0.25) is 0 Å². The van der Waals surface area contributed by atoms with Crippen molar-refractivity contribution in [2.24, 2.45) is 0 Å². The van der Waals surface area contributed by atoms with E-state index in [1.165, 1.54) is 6.07 Å². The van der Waals surface area contributed by atoms with Gasteiger partial charge in [0.15, 0.2) is 0 Å². The van der Waals surface area contributed by atoms with Gasteiger partial charge in [-0.05, 0) is 37.7 Å². The van der Waals surface area contributed by atoms with Crippen molar-refractivity contribution in [2.75, 3.05) is 26.8 Å². The zero-order chi connectivity index (χ0) is 12.0. The first-order chi connectivity index (χ1) is 7.61. The van der Waals surface area contributed by atoms with Gasteiger partial charge in [0.1, 0.15) is 5.82 Å². The maximum Gasteiger partial charge on any atom is 0.124 e. The van der Waals surface area contributed by atoms with Gasteiger partial charge in [-0.2, -0.15) is 0 Å². The van der Waals surface area contributed by atoms with E-state index in [0.29, 0.717) is 6.61 Å². The molecule has 0 spiro atoms. The summed E-state index contributed by atoms with van der Waals surface area (Å²) < 4.78 is 19.2. The summed E-state index contributed by atoms with van der Waals surface area (Å²) in [5.41, 5.74) is 0.964. The first-order valence-electron chi connectivity index (χ1n) is 5.33. The third-order valence-electron chi connectivity index (χ3n) is 2.20. The minimum Gasteiger partial charge on any atom is -0.380 e. The van der Waals surface area contributed by atoms with Crippen molar-refractivity contribution >= 4 is 15.9 Å². The van der Waals surface area contributed by atoms with Crippen LogP contribution in [0.25, 0.3) is 0 Å². The van der Waals surface area contributed by atoms with E-state index in [1.807, 2.05) is 20.0 Å². The summed E-state index contributed by atoms with van der Waals surface area (Å²) in [6, 6.07) is 4.95. The Labute approximate surface area is 105 Å². The predicted octanol–water partition coefficient (Wildman–Crippen LogP) is 3.06. The lowest BCUT2D eigenvalue weighted by Crippen LogP contribution is -2.22. The number of nitrogens with zero attached hydrogens (tertiary/aromatic N) is 1. The van der Waals surface area contributed by atoms with E-state index in [4.69, 9.17) is 4.74 Å². The Morgan fingerprint density at radius 2 is 2.12 bits per heavy atom. The van der Waals surface area contributed by atoms with Gasteiger partial charge in [-0.3, -0.25) is 4.90 Å². The van der Waals surface area contributed by atoms with Gasteiger partial charge < -0.3 is 4.74 Å². The molecule has 0 unspecified atom stereocenters. The van der Waals surface area contributed by atoms with Crippen LogP contribution < -0.4 is 0 Å². The van der Waals surface area contributed by atoms with Gasteiger partial charge in [0, 0.05) is 24.2 Å². The minimum absolute atomic E-state index is 0.206. The third-order valence-corrected chi connectivity index (χ3v) is 2.65. The molecule has 0 atom stereocenters. The Morgan fingerprint density at radius 3 is 2.75 bits per heavy atom. The number of likely N-dealkylation sites (N-methyl/N-ethyl adjacent to an activating group) is 1. The SMILES string of the molecule is CCOCCN(C)Cc1cc(F)cc(Br)c1. The molecule has 1 rings (SSSR count). The summed E-state index contributed by atoms with van der Waals surface area (Å²) in [7, 11) is 2.00. The molecule has 0 radical (unpaired) electrons. The normalized spacial score (nSPS) is 11.1. The van der Waals surface area contributed by atoms with Crippen LogP contribution in [0.4, 0.5) is 4.39 Å². The quantitative estimate of drug-likeness (QED) is 0.747. The molecule has 4 heteroatoms. The number of ether oxygens (including phenoxy) is 1.